The molecule has 12 N–H and O–H groups in total. The van der Waals surface area contributed by atoms with E-state index in [1.807, 2.05) is 113 Å². The molecule has 0 aliphatic heterocycles. The molecular formula is C61H82N8O8S4. The lowest BCUT2D eigenvalue weighted by Crippen LogP contribution is -1.94. The zero-order valence-electron chi connectivity index (χ0n) is 49.1. The van der Waals surface area contributed by atoms with Gasteiger partial charge in [-0.2, -0.15) is 0 Å². The van der Waals surface area contributed by atoms with Crippen molar-refractivity contribution in [3.05, 3.63) is 165 Å². The van der Waals surface area contributed by atoms with Crippen molar-refractivity contribution in [2.75, 3.05) is 23.0 Å². The van der Waals surface area contributed by atoms with E-state index in [9.17, 15) is 19.2 Å². The normalized spacial score (nSPS) is 10.2. The fourth-order valence-electron chi connectivity index (χ4n) is 6.88. The Balaban J connectivity index is 0.000000531. The Bertz CT molecular complexity index is 2920. The van der Waals surface area contributed by atoms with Gasteiger partial charge in [0.25, 0.3) is 0 Å². The van der Waals surface area contributed by atoms with Crippen LogP contribution in [0.25, 0.3) is 45.8 Å². The molecule has 16 nitrogen and oxygen atoms in total. The maximum absolute atomic E-state index is 10.9. The lowest BCUT2D eigenvalue weighted by atomic mass is 10.1. The van der Waals surface area contributed by atoms with Crippen LogP contribution in [-0.2, 0) is 48.6 Å². The van der Waals surface area contributed by atoms with E-state index in [0.29, 0.717) is 69.6 Å². The van der Waals surface area contributed by atoms with Gasteiger partial charge in [-0.05, 0) is 137 Å². The lowest BCUT2D eigenvalue weighted by molar-refractivity contribution is -0.115. The van der Waals surface area contributed by atoms with Crippen molar-refractivity contribution in [3.63, 3.8) is 0 Å². The molecule has 0 unspecified atom stereocenters. The summed E-state index contributed by atoms with van der Waals surface area (Å²) < 4.78 is 22.8. The first kappa shape index (κ1) is 72.7. The predicted molar refractivity (Wildman–Crippen MR) is 338 cm³/mol. The highest BCUT2D eigenvalue weighted by molar-refractivity contribution is 7.99. The van der Waals surface area contributed by atoms with Crippen LogP contribution in [0, 0.1) is 48.5 Å². The fourth-order valence-corrected chi connectivity index (χ4v) is 10.3. The summed E-state index contributed by atoms with van der Waals surface area (Å²) in [7, 11) is 0. The topological polar surface area (TPSA) is 312 Å². The highest BCUT2D eigenvalue weighted by atomic mass is 32.2. The number of carbonyl (C=O) groups excluding carboxylic acids is 4. The first-order valence-corrected chi connectivity index (χ1v) is 29.8. The average Bonchev–Trinajstić information content (AvgIpc) is 4.17. The van der Waals surface area contributed by atoms with Gasteiger partial charge in [-0.25, -0.2) is 19.9 Å². The van der Waals surface area contributed by atoms with Crippen LogP contribution in [0.1, 0.15) is 103 Å². The number of nitrogens with zero attached hydrogens (tertiary/aromatic N) is 4. The standard InChI is InChI=1S/C16H19NO2S.3C15H17NO2S.4H3N/c1-4-13-5-7-14(8-6-13)16-17-15(12(3)19-16)10-20-9-11(2)18;3*1-10-4-6-13(7-5-10)15-16-14(12(3)18-15)9-19-8-11(2)17;;;;/h5-8H,4,9-10H2,1-3H3;3*4-7H,8-9H2,1-3H3;4*1H3. The molecule has 20 heteroatoms. The molecule has 0 atom stereocenters. The number of Topliss-reactive ketones (excluding diaryl/α,β-unsaturated/α-hetero) is 4. The molecule has 0 saturated carbocycles. The number of thioether (sulfide) groups is 4. The van der Waals surface area contributed by atoms with E-state index in [4.69, 9.17) is 17.7 Å². The molecule has 0 aliphatic rings. The predicted octanol–water partition coefficient (Wildman–Crippen LogP) is 16.0. The summed E-state index contributed by atoms with van der Waals surface area (Å²) in [5.74, 6) is 11.6. The SMILES string of the molecule is CC(=O)CSCc1nc(-c2ccc(C)cc2)oc1C.CC(=O)CSCc1nc(-c2ccc(C)cc2)oc1C.CC(=O)CSCc1nc(-c2ccc(C)cc2)oc1C.CCc1ccc(-c2nc(CSCC(C)=O)c(C)o2)cc1.N.N.N.N. The second-order valence-corrected chi connectivity index (χ2v) is 22.5. The molecule has 438 valence electrons. The van der Waals surface area contributed by atoms with Crippen LogP contribution >= 0.6 is 47.0 Å². The molecular weight excluding hydrogens is 1100 g/mol. The van der Waals surface area contributed by atoms with Crippen LogP contribution in [0.4, 0.5) is 0 Å². The third kappa shape index (κ3) is 24.7. The van der Waals surface area contributed by atoms with Crippen LogP contribution in [0.15, 0.2) is 115 Å². The van der Waals surface area contributed by atoms with Crippen LogP contribution in [0.3, 0.4) is 0 Å². The average molecular weight is 1180 g/mol. The van der Waals surface area contributed by atoms with Crippen LogP contribution in [0.2, 0.25) is 0 Å². The summed E-state index contributed by atoms with van der Waals surface area (Å²) in [6.45, 7) is 22.3. The number of hydrogen-bond donors (Lipinski definition) is 4. The Hall–Kier alpha value is -6.36. The van der Waals surface area contributed by atoms with E-state index < -0.39 is 0 Å². The zero-order chi connectivity index (χ0) is 56.0. The van der Waals surface area contributed by atoms with Crippen molar-refractivity contribution < 1.29 is 36.8 Å². The fraction of sp³-hybridized carbons (Fsp3) is 0.344. The number of aryl methyl sites for hydroxylation is 8. The van der Waals surface area contributed by atoms with Gasteiger partial charge in [-0.3, -0.25) is 19.2 Å². The molecule has 0 spiro atoms. The molecule has 0 amide bonds. The van der Waals surface area contributed by atoms with Crippen molar-refractivity contribution in [3.8, 4) is 45.8 Å². The minimum Gasteiger partial charge on any atom is -0.441 e. The summed E-state index contributed by atoms with van der Waals surface area (Å²) in [4.78, 5) is 61.7. The van der Waals surface area contributed by atoms with Crippen molar-refractivity contribution in [2.24, 2.45) is 0 Å². The first-order chi connectivity index (χ1) is 36.8. The molecule has 0 saturated heterocycles. The lowest BCUT2D eigenvalue weighted by Gasteiger charge is -1.98. The number of benzene rings is 4. The number of aromatic nitrogens is 4. The van der Waals surface area contributed by atoms with Gasteiger partial charge in [0.15, 0.2) is 0 Å². The van der Waals surface area contributed by atoms with Gasteiger partial charge in [0.2, 0.25) is 23.6 Å². The van der Waals surface area contributed by atoms with Crippen LogP contribution < -0.4 is 24.6 Å². The summed E-state index contributed by atoms with van der Waals surface area (Å²) in [5, 5.41) is 0. The monoisotopic (exact) mass is 1180 g/mol. The highest BCUT2D eigenvalue weighted by Crippen LogP contribution is 2.28. The minimum absolute atomic E-state index is 0. The molecule has 0 aliphatic carbocycles. The molecule has 0 bridgehead atoms. The molecule has 0 fully saturated rings. The van der Waals surface area contributed by atoms with Gasteiger partial charge in [-0.15, -0.1) is 47.0 Å². The molecule has 81 heavy (non-hydrogen) atoms. The Morgan fingerprint density at radius 3 is 0.728 bits per heavy atom. The zero-order valence-corrected chi connectivity index (χ0v) is 52.4. The van der Waals surface area contributed by atoms with E-state index in [1.54, 1.807) is 74.7 Å². The Kier molecular flexibility index (Phi) is 33.1. The number of oxazole rings is 4. The number of rotatable bonds is 21. The van der Waals surface area contributed by atoms with Crippen LogP contribution in [0.5, 0.6) is 0 Å². The van der Waals surface area contributed by atoms with E-state index in [2.05, 4.69) is 59.8 Å². The molecule has 4 aromatic carbocycles. The Morgan fingerprint density at radius 2 is 0.543 bits per heavy atom. The second kappa shape index (κ2) is 36.9. The molecule has 4 aromatic heterocycles. The van der Waals surface area contributed by atoms with Gasteiger partial charge in [0, 0.05) is 45.3 Å². The van der Waals surface area contributed by atoms with E-state index in [-0.39, 0.29) is 47.7 Å². The third-order valence-electron chi connectivity index (χ3n) is 11.3. The largest absolute Gasteiger partial charge is 0.441 e. The van der Waals surface area contributed by atoms with Crippen molar-refractivity contribution in [1.82, 2.24) is 44.5 Å². The maximum atomic E-state index is 10.9. The van der Waals surface area contributed by atoms with Gasteiger partial charge < -0.3 is 42.3 Å². The Labute approximate surface area is 495 Å². The molecule has 8 rings (SSSR count). The first-order valence-electron chi connectivity index (χ1n) is 25.2. The maximum Gasteiger partial charge on any atom is 0.226 e. The number of ketones is 4. The van der Waals surface area contributed by atoms with Gasteiger partial charge in [0.05, 0.1) is 45.8 Å². The van der Waals surface area contributed by atoms with E-state index >= 15 is 0 Å². The van der Waals surface area contributed by atoms with Crippen LogP contribution in [-0.4, -0.2) is 66.1 Å². The minimum atomic E-state index is 0. The summed E-state index contributed by atoms with van der Waals surface area (Å²) in [5.41, 5.74) is 12.6. The number of hydrogen-bond acceptors (Lipinski definition) is 20. The second-order valence-electron chi connectivity index (χ2n) is 18.5. The van der Waals surface area contributed by atoms with Crippen molar-refractivity contribution in [2.45, 2.75) is 113 Å². The molecule has 8 aromatic rings. The highest BCUT2D eigenvalue weighted by Gasteiger charge is 2.16. The quantitative estimate of drug-likeness (QED) is 0.0519. The van der Waals surface area contributed by atoms with Gasteiger partial charge in [-0.1, -0.05) is 72.1 Å². The summed E-state index contributed by atoms with van der Waals surface area (Å²) >= 11 is 6.27. The summed E-state index contributed by atoms with van der Waals surface area (Å²) in [6.07, 6.45) is 1.03. The van der Waals surface area contributed by atoms with Gasteiger partial charge >= 0.3 is 0 Å². The van der Waals surface area contributed by atoms with Crippen molar-refractivity contribution >= 4 is 70.2 Å². The molecule has 4 heterocycles. The summed E-state index contributed by atoms with van der Waals surface area (Å²) in [6, 6.07) is 32.6. The van der Waals surface area contributed by atoms with Crippen molar-refractivity contribution in [1.29, 1.82) is 0 Å². The van der Waals surface area contributed by atoms with Gasteiger partial charge in [0.1, 0.15) is 46.2 Å². The number of carbonyl (C=O) groups is 4. The van der Waals surface area contributed by atoms with E-state index in [1.165, 1.54) is 22.3 Å². The Morgan fingerprint density at radius 1 is 0.346 bits per heavy atom. The third-order valence-corrected chi connectivity index (χ3v) is 15.6. The smallest absolute Gasteiger partial charge is 0.226 e. The van der Waals surface area contributed by atoms with E-state index in [0.717, 1.165) is 74.5 Å². The molecule has 0 radical (unpaired) electrons.